The van der Waals surface area contributed by atoms with Crippen molar-refractivity contribution in [2.75, 3.05) is 25.7 Å². The summed E-state index contributed by atoms with van der Waals surface area (Å²) in [5, 5.41) is 27.5. The number of fused-ring (bicyclic) bond motifs is 1. The summed E-state index contributed by atoms with van der Waals surface area (Å²) in [6.45, 7) is 0. The number of thioether (sulfide) groups is 2. The quantitative estimate of drug-likeness (QED) is 0.200. The number of ether oxygens (including phenoxy) is 1. The number of methoxy groups -OCH3 is 1. The molecule has 0 bridgehead atoms. The highest BCUT2D eigenvalue weighted by molar-refractivity contribution is 8.01. The number of tetrazole rings is 1. The second kappa shape index (κ2) is 10.4. The van der Waals surface area contributed by atoms with Crippen molar-refractivity contribution >= 4 is 47.0 Å². The number of hydrogen-bond donors (Lipinski definition) is 2. The smallest absolute Gasteiger partial charge is 0.352 e. The Balaban J connectivity index is 1.50. The molecule has 4 rings (SSSR count). The number of hydrogen-bond acceptors (Lipinski definition) is 11. The number of rotatable bonds is 9. The van der Waals surface area contributed by atoms with Crippen molar-refractivity contribution < 1.29 is 29.1 Å². The third-order valence-electron chi connectivity index (χ3n) is 5.23. The van der Waals surface area contributed by atoms with Gasteiger partial charge in [-0.25, -0.2) is 9.48 Å². The van der Waals surface area contributed by atoms with Crippen LogP contribution in [-0.2, 0) is 26.3 Å². The summed E-state index contributed by atoms with van der Waals surface area (Å²) in [5.41, 5.74) is 0.891. The van der Waals surface area contributed by atoms with Crippen molar-refractivity contribution in [3.63, 3.8) is 0 Å². The van der Waals surface area contributed by atoms with Crippen molar-refractivity contribution in [1.29, 1.82) is 0 Å². The number of β-lactam (4-membered cyclic amide) rings is 1. The van der Waals surface area contributed by atoms with Crippen LogP contribution in [0.25, 0.3) is 0 Å². The average molecular weight is 520 g/mol. The van der Waals surface area contributed by atoms with E-state index >= 15 is 0 Å². The van der Waals surface area contributed by atoms with Gasteiger partial charge in [-0.1, -0.05) is 29.1 Å². The van der Waals surface area contributed by atoms with Crippen LogP contribution < -0.4 is 10.1 Å². The maximum atomic E-state index is 13.0. The number of oxime groups is 1. The third kappa shape index (κ3) is 4.81. The Hall–Kier alpha value is -3.59. The van der Waals surface area contributed by atoms with Gasteiger partial charge in [-0.05, 0) is 28.1 Å². The highest BCUT2D eigenvalue weighted by Gasteiger charge is 2.54. The first-order chi connectivity index (χ1) is 16.8. The Bertz CT molecular complexity index is 1230. The molecule has 1 aromatic heterocycles. The van der Waals surface area contributed by atoms with E-state index in [0.29, 0.717) is 33.5 Å². The molecule has 1 fully saturated rings. The molecule has 184 valence electrons. The average Bonchev–Trinajstić information content (AvgIpc) is 3.28. The number of nitrogens with zero attached hydrogens (tertiary/aromatic N) is 6. The molecule has 13 nitrogen and oxygen atoms in total. The van der Waals surface area contributed by atoms with Crippen molar-refractivity contribution in [2.45, 2.75) is 16.6 Å². The number of amides is 2. The number of carboxylic acid groups (broad SMARTS) is 1. The van der Waals surface area contributed by atoms with E-state index in [1.807, 2.05) is 0 Å². The van der Waals surface area contributed by atoms with Crippen molar-refractivity contribution in [1.82, 2.24) is 30.4 Å². The van der Waals surface area contributed by atoms with E-state index in [1.165, 1.54) is 47.3 Å². The zero-order valence-electron chi connectivity index (χ0n) is 18.9. The summed E-state index contributed by atoms with van der Waals surface area (Å²) < 4.78 is 6.67. The number of carbonyl (C=O) groups excluding carboxylic acids is 2. The molecule has 3 heterocycles. The van der Waals surface area contributed by atoms with Crippen LogP contribution >= 0.6 is 23.5 Å². The largest absolute Gasteiger partial charge is 0.497 e. The van der Waals surface area contributed by atoms with Gasteiger partial charge in [0.15, 0.2) is 5.71 Å². The Morgan fingerprint density at radius 2 is 2.17 bits per heavy atom. The van der Waals surface area contributed by atoms with Gasteiger partial charge in [0.05, 0.1) is 7.11 Å². The second-order valence-corrected chi connectivity index (χ2v) is 9.39. The van der Waals surface area contributed by atoms with Crippen LogP contribution in [0.3, 0.4) is 0 Å². The first-order valence-corrected chi connectivity index (χ1v) is 12.2. The maximum Gasteiger partial charge on any atom is 0.352 e. The molecule has 0 radical (unpaired) electrons. The van der Waals surface area contributed by atoms with Crippen LogP contribution in [0, 0.1) is 0 Å². The Morgan fingerprint density at radius 1 is 1.37 bits per heavy atom. The van der Waals surface area contributed by atoms with Gasteiger partial charge in [0.25, 0.3) is 11.8 Å². The molecule has 15 heteroatoms. The fourth-order valence-electron chi connectivity index (χ4n) is 3.59. The molecule has 2 N–H and O–H groups in total. The van der Waals surface area contributed by atoms with E-state index in [9.17, 15) is 19.5 Å². The third-order valence-corrected chi connectivity index (χ3v) is 7.67. The summed E-state index contributed by atoms with van der Waals surface area (Å²) in [7, 11) is 4.49. The molecule has 0 saturated carbocycles. The topological polar surface area (TPSA) is 161 Å². The Morgan fingerprint density at radius 3 is 2.83 bits per heavy atom. The summed E-state index contributed by atoms with van der Waals surface area (Å²) in [4.78, 5) is 44.1. The van der Waals surface area contributed by atoms with Crippen LogP contribution in [0.5, 0.6) is 5.75 Å². The molecule has 2 aliphatic heterocycles. The maximum absolute atomic E-state index is 13.0. The number of nitrogens with one attached hydrogen (secondary N) is 1. The van der Waals surface area contributed by atoms with E-state index in [1.54, 1.807) is 31.3 Å². The molecule has 0 aliphatic carbocycles. The van der Waals surface area contributed by atoms with Crippen LogP contribution in [0.4, 0.5) is 0 Å². The van der Waals surface area contributed by atoms with Crippen LogP contribution in [-0.4, -0.2) is 90.9 Å². The van der Waals surface area contributed by atoms with Crippen LogP contribution in [0.15, 0.2) is 45.8 Å². The number of carboxylic acids is 1. The number of aryl methyl sites for hydroxylation is 1. The van der Waals surface area contributed by atoms with Gasteiger partial charge in [-0.15, -0.1) is 16.9 Å². The molecular formula is C20H21N7O6S2. The van der Waals surface area contributed by atoms with E-state index in [-0.39, 0.29) is 11.4 Å². The summed E-state index contributed by atoms with van der Waals surface area (Å²) in [5.74, 6) is -1.16. The van der Waals surface area contributed by atoms with E-state index < -0.39 is 29.2 Å². The van der Waals surface area contributed by atoms with Crippen LogP contribution in [0.1, 0.15) is 5.56 Å². The predicted molar refractivity (Wildman–Crippen MR) is 126 cm³/mol. The number of aliphatic carboxylic acids is 1. The first kappa shape index (κ1) is 24.5. The lowest BCUT2D eigenvalue weighted by molar-refractivity contribution is -0.150. The molecule has 1 unspecified atom stereocenters. The van der Waals surface area contributed by atoms with Gasteiger partial charge in [-0.2, -0.15) is 0 Å². The van der Waals surface area contributed by atoms with Gasteiger partial charge in [0.2, 0.25) is 5.16 Å². The fraction of sp³-hybridized carbons (Fsp3) is 0.350. The zero-order valence-corrected chi connectivity index (χ0v) is 20.5. The van der Waals surface area contributed by atoms with E-state index in [4.69, 9.17) is 9.57 Å². The number of aromatic nitrogens is 4. The van der Waals surface area contributed by atoms with E-state index in [0.717, 1.165) is 0 Å². The highest BCUT2D eigenvalue weighted by Crippen LogP contribution is 2.41. The molecule has 35 heavy (non-hydrogen) atoms. The van der Waals surface area contributed by atoms with Gasteiger partial charge in [0.1, 0.15) is 30.0 Å². The van der Waals surface area contributed by atoms with Gasteiger partial charge in [-0.3, -0.25) is 14.5 Å². The Labute approximate surface area is 207 Å². The Kier molecular flexibility index (Phi) is 7.25. The molecule has 0 spiro atoms. The van der Waals surface area contributed by atoms with Crippen molar-refractivity contribution in [2.24, 2.45) is 12.2 Å². The SMILES string of the molecule is CO/N=C(/C(=O)NC1C(=O)N2C(C(=O)O)=C(CSc3nnnn3C)CS[C@H]12)c1cccc(OC)c1. The normalized spacial score (nSPS) is 19.7. The molecule has 2 amide bonds. The predicted octanol–water partition coefficient (Wildman–Crippen LogP) is 0.100. The lowest BCUT2D eigenvalue weighted by Crippen LogP contribution is -2.71. The monoisotopic (exact) mass is 519 g/mol. The van der Waals surface area contributed by atoms with Gasteiger partial charge < -0.3 is 20.0 Å². The second-order valence-electron chi connectivity index (χ2n) is 7.35. The minimum Gasteiger partial charge on any atom is -0.497 e. The molecule has 1 aromatic carbocycles. The number of benzene rings is 1. The van der Waals surface area contributed by atoms with Crippen molar-refractivity contribution in [3.8, 4) is 5.75 Å². The van der Waals surface area contributed by atoms with Gasteiger partial charge in [0, 0.05) is 24.1 Å². The summed E-state index contributed by atoms with van der Waals surface area (Å²) in [6.07, 6.45) is 0. The molecule has 2 aromatic rings. The molecule has 1 saturated heterocycles. The van der Waals surface area contributed by atoms with Crippen LogP contribution in [0.2, 0.25) is 0 Å². The summed E-state index contributed by atoms with van der Waals surface area (Å²) in [6, 6.07) is 5.77. The zero-order chi connectivity index (χ0) is 25.1. The lowest BCUT2D eigenvalue weighted by atomic mass is 10.0. The van der Waals surface area contributed by atoms with Gasteiger partial charge >= 0.3 is 5.97 Å². The molecule has 2 atom stereocenters. The molecule has 2 aliphatic rings. The highest BCUT2D eigenvalue weighted by atomic mass is 32.2. The van der Waals surface area contributed by atoms with E-state index in [2.05, 4.69) is 26.0 Å². The minimum atomic E-state index is -1.21. The fourth-order valence-corrected chi connectivity index (χ4v) is 5.92. The van der Waals surface area contributed by atoms with Crippen molar-refractivity contribution in [3.05, 3.63) is 41.1 Å². The first-order valence-electron chi connectivity index (χ1n) is 10.2. The lowest BCUT2D eigenvalue weighted by Gasteiger charge is -2.49. The number of carbonyl (C=O) groups is 3. The summed E-state index contributed by atoms with van der Waals surface area (Å²) >= 11 is 2.65. The standard InChI is InChI=1S/C20H21N7O6S2/c1-26-20(22-24-25-26)35-9-11-8-34-18-14(17(29)27(18)15(11)19(30)31)21-16(28)13(23-33-3)10-5-4-6-12(7-10)32-2/h4-7,14,18H,8-9H2,1-3H3,(H,21,28)(H,30,31)/b23-13+/t14?,18-/m1/s1. The molecular weight excluding hydrogens is 498 g/mol. The minimum absolute atomic E-state index is 0.0400.